The molecule has 18 heavy (non-hydrogen) atoms. The number of hydrogen-bond acceptors (Lipinski definition) is 3. The Morgan fingerprint density at radius 1 is 1.33 bits per heavy atom. The fourth-order valence-electron chi connectivity index (χ4n) is 1.71. The molecule has 0 spiro atoms. The second kappa shape index (κ2) is 6.92. The molecule has 0 saturated heterocycles. The molecule has 1 N–H and O–H groups in total. The lowest BCUT2D eigenvalue weighted by Gasteiger charge is -2.06. The molecule has 0 saturated carbocycles. The van der Waals surface area contributed by atoms with Crippen molar-refractivity contribution in [3.05, 3.63) is 50.6 Å². The molecule has 0 atom stereocenters. The van der Waals surface area contributed by atoms with Gasteiger partial charge >= 0.3 is 0 Å². The first-order valence-corrected chi connectivity index (χ1v) is 7.52. The summed E-state index contributed by atoms with van der Waals surface area (Å²) in [5.41, 5.74) is 1.30. The van der Waals surface area contributed by atoms with Crippen molar-refractivity contribution in [2.75, 3.05) is 13.7 Å². The average Bonchev–Trinajstić information content (AvgIpc) is 2.81. The van der Waals surface area contributed by atoms with Gasteiger partial charge in [0.1, 0.15) is 5.75 Å². The molecule has 4 heteroatoms. The lowest BCUT2D eigenvalue weighted by molar-refractivity contribution is 0.414. The summed E-state index contributed by atoms with van der Waals surface area (Å²) in [5, 5.41) is 5.55. The molecule has 1 heterocycles. The van der Waals surface area contributed by atoms with Gasteiger partial charge < -0.3 is 10.1 Å². The van der Waals surface area contributed by atoms with Crippen LogP contribution in [0.5, 0.6) is 5.75 Å². The molecule has 1 aromatic heterocycles. The highest BCUT2D eigenvalue weighted by molar-refractivity contribution is 9.10. The van der Waals surface area contributed by atoms with E-state index in [2.05, 4.69) is 44.8 Å². The number of rotatable bonds is 6. The Bertz CT molecular complexity index is 498. The fraction of sp³-hybridized carbons (Fsp3) is 0.286. The van der Waals surface area contributed by atoms with Crippen LogP contribution in [0.3, 0.4) is 0 Å². The largest absolute Gasteiger partial charge is 0.497 e. The van der Waals surface area contributed by atoms with E-state index < -0.39 is 0 Å². The zero-order valence-corrected chi connectivity index (χ0v) is 12.7. The summed E-state index contributed by atoms with van der Waals surface area (Å²) in [7, 11) is 1.70. The van der Waals surface area contributed by atoms with E-state index in [9.17, 15) is 0 Å². The fourth-order valence-corrected chi connectivity index (χ4v) is 3.18. The van der Waals surface area contributed by atoms with Crippen molar-refractivity contribution in [1.82, 2.24) is 5.32 Å². The maximum absolute atomic E-state index is 5.21. The molecule has 0 aliphatic rings. The van der Waals surface area contributed by atoms with Crippen LogP contribution in [0.4, 0.5) is 0 Å². The second-order valence-corrected chi connectivity index (χ2v) is 5.83. The molecular weight excluding hydrogens is 310 g/mol. The van der Waals surface area contributed by atoms with Gasteiger partial charge in [0.15, 0.2) is 0 Å². The van der Waals surface area contributed by atoms with Crippen molar-refractivity contribution in [2.24, 2.45) is 0 Å². The van der Waals surface area contributed by atoms with Crippen LogP contribution in [0.15, 0.2) is 40.2 Å². The molecule has 2 rings (SSSR count). The van der Waals surface area contributed by atoms with Crippen LogP contribution in [-0.4, -0.2) is 13.7 Å². The third kappa shape index (κ3) is 3.83. The third-order valence-electron chi connectivity index (χ3n) is 2.70. The summed E-state index contributed by atoms with van der Waals surface area (Å²) in [6.07, 6.45) is 1.01. The predicted octanol–water partition coefficient (Wildman–Crippen LogP) is 3.85. The molecular formula is C14H16BrNOS. The molecule has 0 fully saturated rings. The van der Waals surface area contributed by atoms with Gasteiger partial charge in [0, 0.05) is 15.9 Å². The number of methoxy groups -OCH3 is 1. The van der Waals surface area contributed by atoms with Gasteiger partial charge in [0.25, 0.3) is 0 Å². The number of ether oxygens (including phenoxy) is 1. The van der Waals surface area contributed by atoms with Crippen LogP contribution in [0.25, 0.3) is 0 Å². The quantitative estimate of drug-likeness (QED) is 0.814. The van der Waals surface area contributed by atoms with E-state index in [1.807, 2.05) is 12.1 Å². The van der Waals surface area contributed by atoms with Gasteiger partial charge in [0.2, 0.25) is 0 Å². The summed E-state index contributed by atoms with van der Waals surface area (Å²) in [4.78, 5) is 1.35. The Hall–Kier alpha value is -0.840. The van der Waals surface area contributed by atoms with Gasteiger partial charge in [0.05, 0.1) is 7.11 Å². The van der Waals surface area contributed by atoms with Gasteiger partial charge in [-0.15, -0.1) is 11.3 Å². The van der Waals surface area contributed by atoms with Crippen LogP contribution < -0.4 is 10.1 Å². The van der Waals surface area contributed by atoms with Crippen molar-refractivity contribution in [3.8, 4) is 5.75 Å². The standard InChI is InChI=1S/C14H16BrNOS/c1-17-12-4-2-3-11(9-12)5-7-16-10-14-13(15)6-8-18-14/h2-4,6,8-9,16H,5,7,10H2,1H3. The molecule has 0 aliphatic carbocycles. The van der Waals surface area contributed by atoms with Crippen LogP contribution in [0, 0.1) is 0 Å². The number of hydrogen-bond donors (Lipinski definition) is 1. The average molecular weight is 326 g/mol. The van der Waals surface area contributed by atoms with Crippen molar-refractivity contribution < 1.29 is 4.74 Å². The lowest BCUT2D eigenvalue weighted by Crippen LogP contribution is -2.16. The van der Waals surface area contributed by atoms with E-state index in [-0.39, 0.29) is 0 Å². The highest BCUT2D eigenvalue weighted by Crippen LogP contribution is 2.22. The Balaban J connectivity index is 1.76. The first kappa shape index (κ1) is 13.6. The zero-order valence-electron chi connectivity index (χ0n) is 10.3. The summed E-state index contributed by atoms with van der Waals surface area (Å²) >= 11 is 5.31. The van der Waals surface area contributed by atoms with E-state index >= 15 is 0 Å². The van der Waals surface area contributed by atoms with Crippen LogP contribution in [0.1, 0.15) is 10.4 Å². The number of thiophene rings is 1. The minimum absolute atomic E-state index is 0.919. The number of benzene rings is 1. The Morgan fingerprint density at radius 2 is 2.22 bits per heavy atom. The van der Waals surface area contributed by atoms with Gasteiger partial charge in [-0.25, -0.2) is 0 Å². The maximum Gasteiger partial charge on any atom is 0.119 e. The first-order valence-electron chi connectivity index (χ1n) is 5.85. The van der Waals surface area contributed by atoms with Gasteiger partial charge in [-0.2, -0.15) is 0 Å². The molecule has 0 amide bonds. The SMILES string of the molecule is COc1cccc(CCNCc2sccc2Br)c1. The summed E-state index contributed by atoms with van der Waals surface area (Å²) in [5.74, 6) is 0.925. The maximum atomic E-state index is 5.21. The molecule has 96 valence electrons. The van der Waals surface area contributed by atoms with Crippen LogP contribution >= 0.6 is 27.3 Å². The van der Waals surface area contributed by atoms with Crippen molar-refractivity contribution in [3.63, 3.8) is 0 Å². The number of halogens is 1. The second-order valence-electron chi connectivity index (χ2n) is 3.97. The molecule has 2 nitrogen and oxygen atoms in total. The van der Waals surface area contributed by atoms with E-state index in [1.165, 1.54) is 14.9 Å². The minimum Gasteiger partial charge on any atom is -0.497 e. The highest BCUT2D eigenvalue weighted by Gasteiger charge is 2.00. The van der Waals surface area contributed by atoms with E-state index in [1.54, 1.807) is 18.4 Å². The Morgan fingerprint density at radius 3 is 2.94 bits per heavy atom. The highest BCUT2D eigenvalue weighted by atomic mass is 79.9. The molecule has 1 aromatic carbocycles. The van der Waals surface area contributed by atoms with E-state index in [0.717, 1.165) is 25.3 Å². The van der Waals surface area contributed by atoms with Crippen molar-refractivity contribution in [2.45, 2.75) is 13.0 Å². The zero-order chi connectivity index (χ0) is 12.8. The van der Waals surface area contributed by atoms with Crippen molar-refractivity contribution in [1.29, 1.82) is 0 Å². The Labute approximate surface area is 120 Å². The summed E-state index contributed by atoms with van der Waals surface area (Å²) in [6.45, 7) is 1.89. The van der Waals surface area contributed by atoms with Gasteiger partial charge in [-0.3, -0.25) is 0 Å². The molecule has 0 aliphatic heterocycles. The summed E-state index contributed by atoms with van der Waals surface area (Å²) in [6, 6.07) is 10.3. The third-order valence-corrected chi connectivity index (χ3v) is 4.63. The molecule has 0 bridgehead atoms. The van der Waals surface area contributed by atoms with Gasteiger partial charge in [-0.05, 0) is 58.0 Å². The van der Waals surface area contributed by atoms with E-state index in [4.69, 9.17) is 4.74 Å². The van der Waals surface area contributed by atoms with E-state index in [0.29, 0.717) is 0 Å². The van der Waals surface area contributed by atoms with Crippen LogP contribution in [0.2, 0.25) is 0 Å². The first-order chi connectivity index (χ1) is 8.79. The molecule has 0 unspecified atom stereocenters. The molecule has 0 radical (unpaired) electrons. The Kier molecular flexibility index (Phi) is 5.23. The summed E-state index contributed by atoms with van der Waals surface area (Å²) < 4.78 is 6.41. The topological polar surface area (TPSA) is 21.3 Å². The van der Waals surface area contributed by atoms with Crippen LogP contribution in [-0.2, 0) is 13.0 Å². The lowest BCUT2D eigenvalue weighted by atomic mass is 10.1. The normalized spacial score (nSPS) is 10.6. The van der Waals surface area contributed by atoms with Crippen molar-refractivity contribution >= 4 is 27.3 Å². The monoisotopic (exact) mass is 325 g/mol. The smallest absolute Gasteiger partial charge is 0.119 e. The molecule has 2 aromatic rings. The van der Waals surface area contributed by atoms with Gasteiger partial charge in [-0.1, -0.05) is 12.1 Å². The minimum atomic E-state index is 0.919. The number of nitrogens with one attached hydrogen (secondary N) is 1. The predicted molar refractivity (Wildman–Crippen MR) is 80.4 cm³/mol.